The maximum absolute atomic E-state index is 9.51. The highest BCUT2D eigenvalue weighted by atomic mass is 16.3. The Labute approximate surface area is 138 Å². The van der Waals surface area contributed by atoms with Gasteiger partial charge in [0.1, 0.15) is 12.1 Å². The number of aliphatic hydroxyl groups is 1. The van der Waals surface area contributed by atoms with Crippen molar-refractivity contribution < 1.29 is 5.11 Å². The number of hydrogen-bond acceptors (Lipinski definition) is 5. The maximum Gasteiger partial charge on any atom is 0.132 e. The second-order valence-corrected chi connectivity index (χ2v) is 7.44. The summed E-state index contributed by atoms with van der Waals surface area (Å²) < 4.78 is 0. The molecule has 5 nitrogen and oxygen atoms in total. The summed E-state index contributed by atoms with van der Waals surface area (Å²) in [7, 11) is 0. The number of aromatic nitrogens is 2. The van der Waals surface area contributed by atoms with Crippen molar-refractivity contribution in [2.75, 3.05) is 31.1 Å². The molecular weight excluding hydrogens is 288 g/mol. The lowest BCUT2D eigenvalue weighted by molar-refractivity contribution is 0.0732. The van der Waals surface area contributed by atoms with Gasteiger partial charge in [-0.05, 0) is 32.1 Å². The standard InChI is InChI=1S/C18H28N4O/c23-16-10-14(11-16)17-12-18(20-13-19-17)22-7-3-6-21(8-9-22)15-4-1-2-5-15/h12-16,23H,1-11H2. The summed E-state index contributed by atoms with van der Waals surface area (Å²) >= 11 is 0. The topological polar surface area (TPSA) is 52.5 Å². The average Bonchev–Trinajstić information content (AvgIpc) is 2.97. The van der Waals surface area contributed by atoms with Crippen molar-refractivity contribution >= 4 is 5.82 Å². The van der Waals surface area contributed by atoms with Crippen molar-refractivity contribution in [3.8, 4) is 0 Å². The Morgan fingerprint density at radius 1 is 0.957 bits per heavy atom. The van der Waals surface area contributed by atoms with Gasteiger partial charge in [0, 0.05) is 49.9 Å². The molecule has 0 radical (unpaired) electrons. The first-order valence-electron chi connectivity index (χ1n) is 9.28. The first kappa shape index (κ1) is 15.3. The van der Waals surface area contributed by atoms with Crippen LogP contribution in [0.4, 0.5) is 5.82 Å². The van der Waals surface area contributed by atoms with Crippen LogP contribution in [-0.2, 0) is 0 Å². The first-order valence-corrected chi connectivity index (χ1v) is 9.28. The third kappa shape index (κ3) is 3.36. The van der Waals surface area contributed by atoms with Crippen molar-refractivity contribution in [3.05, 3.63) is 18.1 Å². The molecule has 2 aliphatic carbocycles. The monoisotopic (exact) mass is 316 g/mol. The van der Waals surface area contributed by atoms with Crippen LogP contribution in [0.5, 0.6) is 0 Å². The van der Waals surface area contributed by atoms with E-state index in [9.17, 15) is 5.11 Å². The highest BCUT2D eigenvalue weighted by Crippen LogP contribution is 2.36. The van der Waals surface area contributed by atoms with Gasteiger partial charge in [-0.2, -0.15) is 0 Å². The van der Waals surface area contributed by atoms with Crippen LogP contribution in [0, 0.1) is 0 Å². The minimum absolute atomic E-state index is 0.128. The fourth-order valence-electron chi connectivity index (χ4n) is 4.39. The Hall–Kier alpha value is -1.20. The van der Waals surface area contributed by atoms with Crippen LogP contribution in [0.15, 0.2) is 12.4 Å². The van der Waals surface area contributed by atoms with E-state index in [-0.39, 0.29) is 6.10 Å². The second-order valence-electron chi connectivity index (χ2n) is 7.44. The molecule has 23 heavy (non-hydrogen) atoms. The SMILES string of the molecule is OC1CC(c2cc(N3CCCN(C4CCCC4)CC3)ncn2)C1. The summed E-state index contributed by atoms with van der Waals surface area (Å²) in [5, 5.41) is 9.51. The van der Waals surface area contributed by atoms with Crippen LogP contribution < -0.4 is 4.90 Å². The smallest absolute Gasteiger partial charge is 0.132 e. The quantitative estimate of drug-likeness (QED) is 0.926. The molecule has 0 bridgehead atoms. The number of nitrogens with zero attached hydrogens (tertiary/aromatic N) is 4. The summed E-state index contributed by atoms with van der Waals surface area (Å²) in [5.41, 5.74) is 1.11. The average molecular weight is 316 g/mol. The van der Waals surface area contributed by atoms with Gasteiger partial charge in [-0.1, -0.05) is 12.8 Å². The predicted molar refractivity (Wildman–Crippen MR) is 90.7 cm³/mol. The van der Waals surface area contributed by atoms with Crippen molar-refractivity contribution in [1.82, 2.24) is 14.9 Å². The largest absolute Gasteiger partial charge is 0.393 e. The molecule has 3 aliphatic rings. The van der Waals surface area contributed by atoms with Gasteiger partial charge in [-0.15, -0.1) is 0 Å². The molecule has 3 fully saturated rings. The second kappa shape index (κ2) is 6.73. The van der Waals surface area contributed by atoms with Crippen LogP contribution >= 0.6 is 0 Å². The third-order valence-electron chi connectivity index (χ3n) is 5.90. The van der Waals surface area contributed by atoms with Crippen molar-refractivity contribution in [1.29, 1.82) is 0 Å². The number of anilines is 1. The van der Waals surface area contributed by atoms with E-state index in [2.05, 4.69) is 25.8 Å². The molecule has 2 heterocycles. The van der Waals surface area contributed by atoms with Crippen molar-refractivity contribution in [2.45, 2.75) is 63.0 Å². The Morgan fingerprint density at radius 3 is 2.57 bits per heavy atom. The molecular formula is C18H28N4O. The molecule has 0 spiro atoms. The molecule has 1 N–H and O–H groups in total. The minimum Gasteiger partial charge on any atom is -0.393 e. The van der Waals surface area contributed by atoms with Gasteiger partial charge < -0.3 is 10.0 Å². The van der Waals surface area contributed by atoms with Crippen LogP contribution in [-0.4, -0.2) is 58.3 Å². The first-order chi connectivity index (χ1) is 11.3. The Balaban J connectivity index is 1.40. The lowest BCUT2D eigenvalue weighted by Gasteiger charge is -2.31. The van der Waals surface area contributed by atoms with E-state index in [1.807, 2.05) is 0 Å². The van der Waals surface area contributed by atoms with Gasteiger partial charge in [0.25, 0.3) is 0 Å². The minimum atomic E-state index is -0.128. The highest BCUT2D eigenvalue weighted by Gasteiger charge is 2.30. The maximum atomic E-state index is 9.51. The Kier molecular flexibility index (Phi) is 4.49. The van der Waals surface area contributed by atoms with E-state index < -0.39 is 0 Å². The summed E-state index contributed by atoms with van der Waals surface area (Å²) in [5.74, 6) is 1.50. The van der Waals surface area contributed by atoms with Crippen molar-refractivity contribution in [2.24, 2.45) is 0 Å². The summed E-state index contributed by atoms with van der Waals surface area (Å²) in [6.45, 7) is 4.55. The van der Waals surface area contributed by atoms with E-state index >= 15 is 0 Å². The van der Waals surface area contributed by atoms with Crippen LogP contribution in [0.1, 0.15) is 56.6 Å². The summed E-state index contributed by atoms with van der Waals surface area (Å²) in [6, 6.07) is 2.98. The number of hydrogen-bond donors (Lipinski definition) is 1. The normalized spacial score (nSPS) is 30.2. The molecule has 1 saturated heterocycles. The molecule has 0 unspecified atom stereocenters. The van der Waals surface area contributed by atoms with E-state index in [1.54, 1.807) is 6.33 Å². The Morgan fingerprint density at radius 2 is 1.78 bits per heavy atom. The fraction of sp³-hybridized carbons (Fsp3) is 0.778. The molecule has 0 aromatic carbocycles. The molecule has 1 aromatic heterocycles. The molecule has 5 heteroatoms. The molecule has 126 valence electrons. The lowest BCUT2D eigenvalue weighted by Crippen LogP contribution is -2.37. The van der Waals surface area contributed by atoms with Gasteiger partial charge in [0.15, 0.2) is 0 Å². The summed E-state index contributed by atoms with van der Waals surface area (Å²) in [4.78, 5) is 14.1. The molecule has 2 saturated carbocycles. The van der Waals surface area contributed by atoms with Crippen LogP contribution in [0.3, 0.4) is 0 Å². The molecule has 0 amide bonds. The highest BCUT2D eigenvalue weighted by molar-refractivity contribution is 5.40. The van der Waals surface area contributed by atoms with Gasteiger partial charge in [0.05, 0.1) is 6.10 Å². The van der Waals surface area contributed by atoms with Crippen LogP contribution in [0.2, 0.25) is 0 Å². The zero-order valence-electron chi connectivity index (χ0n) is 13.9. The Bertz CT molecular complexity index is 526. The lowest BCUT2D eigenvalue weighted by atomic mass is 9.80. The number of rotatable bonds is 3. The van der Waals surface area contributed by atoms with E-state index in [1.165, 1.54) is 38.6 Å². The molecule has 1 aromatic rings. The zero-order valence-corrected chi connectivity index (χ0v) is 13.9. The van der Waals surface area contributed by atoms with Gasteiger partial charge >= 0.3 is 0 Å². The van der Waals surface area contributed by atoms with Gasteiger partial charge in [0.2, 0.25) is 0 Å². The van der Waals surface area contributed by atoms with Gasteiger partial charge in [-0.3, -0.25) is 4.90 Å². The third-order valence-corrected chi connectivity index (χ3v) is 5.90. The number of aliphatic hydroxyl groups excluding tert-OH is 1. The molecule has 4 rings (SSSR count). The van der Waals surface area contributed by atoms with Crippen LogP contribution in [0.25, 0.3) is 0 Å². The van der Waals surface area contributed by atoms with Gasteiger partial charge in [-0.25, -0.2) is 9.97 Å². The fourth-order valence-corrected chi connectivity index (χ4v) is 4.39. The van der Waals surface area contributed by atoms with E-state index in [4.69, 9.17) is 0 Å². The van der Waals surface area contributed by atoms with E-state index in [0.29, 0.717) is 5.92 Å². The molecule has 0 atom stereocenters. The van der Waals surface area contributed by atoms with E-state index in [0.717, 1.165) is 50.0 Å². The zero-order chi connectivity index (χ0) is 15.6. The van der Waals surface area contributed by atoms with Crippen molar-refractivity contribution in [3.63, 3.8) is 0 Å². The molecule has 1 aliphatic heterocycles. The predicted octanol–water partition coefficient (Wildman–Crippen LogP) is 2.17. The summed E-state index contributed by atoms with van der Waals surface area (Å²) in [6.07, 6.45) is 10.1.